The van der Waals surface area contributed by atoms with Crippen molar-refractivity contribution in [1.29, 1.82) is 0 Å². The molecule has 2 aromatic heterocycles. The molecule has 6 nitrogen and oxygen atoms in total. The van der Waals surface area contributed by atoms with Gasteiger partial charge in [0.05, 0.1) is 24.1 Å². The molecule has 0 spiro atoms. The van der Waals surface area contributed by atoms with E-state index in [0.29, 0.717) is 41.2 Å². The quantitative estimate of drug-likeness (QED) is 0.476. The number of rotatable bonds is 2. The minimum Gasteiger partial charge on any atom is -0.378 e. The van der Waals surface area contributed by atoms with Gasteiger partial charge in [0.25, 0.3) is 5.78 Å². The molecule has 1 fully saturated rings. The van der Waals surface area contributed by atoms with Crippen LogP contribution in [0.25, 0.3) is 16.7 Å². The van der Waals surface area contributed by atoms with E-state index < -0.39 is 11.9 Å². The zero-order valence-electron chi connectivity index (χ0n) is 16.4. The first-order valence-corrected chi connectivity index (χ1v) is 9.38. The van der Waals surface area contributed by atoms with Gasteiger partial charge in [0.2, 0.25) is 0 Å². The smallest absolute Gasteiger partial charge is 0.315 e. The predicted molar refractivity (Wildman–Crippen MR) is 109 cm³/mol. The van der Waals surface area contributed by atoms with Gasteiger partial charge >= 0.3 is 6.08 Å². The van der Waals surface area contributed by atoms with Gasteiger partial charge in [-0.1, -0.05) is 29.1 Å². The highest BCUT2D eigenvalue weighted by molar-refractivity contribution is 5.93. The Labute approximate surface area is 171 Å². The van der Waals surface area contributed by atoms with Crippen LogP contribution in [0.4, 0.5) is 20.3 Å². The monoisotopic (exact) mass is 405 g/mol. The Morgan fingerprint density at radius 1 is 1.13 bits per heavy atom. The number of fused-ring (bicyclic) bond motifs is 3. The van der Waals surface area contributed by atoms with Gasteiger partial charge in [-0.15, -0.1) is 5.10 Å². The molecule has 0 aliphatic carbocycles. The summed E-state index contributed by atoms with van der Waals surface area (Å²) in [5, 5.41) is 7.97. The molecule has 3 heterocycles. The van der Waals surface area contributed by atoms with E-state index in [0.717, 1.165) is 0 Å². The van der Waals surface area contributed by atoms with Crippen molar-refractivity contribution >= 4 is 28.2 Å². The van der Waals surface area contributed by atoms with Gasteiger partial charge in [-0.2, -0.15) is 9.37 Å². The van der Waals surface area contributed by atoms with Crippen LogP contribution < -0.4 is 4.90 Å². The summed E-state index contributed by atoms with van der Waals surface area (Å²) in [6.07, 6.45) is -0.736. The summed E-state index contributed by atoms with van der Waals surface area (Å²) in [6, 6.07) is 11.8. The minimum absolute atomic E-state index is 0.127. The van der Waals surface area contributed by atoms with Crippen molar-refractivity contribution in [3.8, 4) is 11.8 Å². The third-order valence-corrected chi connectivity index (χ3v) is 5.14. The average molecular weight is 405 g/mol. The molecular weight excluding hydrogens is 388 g/mol. The summed E-state index contributed by atoms with van der Waals surface area (Å²) in [5.74, 6) is 6.44. The molecule has 2 aromatic carbocycles. The lowest BCUT2D eigenvalue weighted by Crippen LogP contribution is -2.38. The number of anilines is 2. The van der Waals surface area contributed by atoms with E-state index in [4.69, 9.17) is 4.74 Å². The van der Waals surface area contributed by atoms with Crippen LogP contribution in [-0.4, -0.2) is 39.8 Å². The van der Waals surface area contributed by atoms with Gasteiger partial charge in [-0.05, 0) is 37.3 Å². The fourth-order valence-corrected chi connectivity index (χ4v) is 3.47. The summed E-state index contributed by atoms with van der Waals surface area (Å²) in [5.41, 5.74) is 1.50. The molecule has 4 aromatic rings. The average Bonchev–Trinajstić information content (AvgIpc) is 3.10. The number of benzene rings is 2. The predicted octanol–water partition coefficient (Wildman–Crippen LogP) is 3.71. The summed E-state index contributed by atoms with van der Waals surface area (Å²) >= 11 is 0. The Balaban J connectivity index is 1.62. The first-order valence-electron chi connectivity index (χ1n) is 9.38. The van der Waals surface area contributed by atoms with Crippen molar-refractivity contribution in [1.82, 2.24) is 19.6 Å². The molecule has 1 saturated heterocycles. The van der Waals surface area contributed by atoms with Gasteiger partial charge in [-0.3, -0.25) is 0 Å². The molecule has 0 saturated carbocycles. The van der Waals surface area contributed by atoms with Gasteiger partial charge in [0.1, 0.15) is 11.6 Å². The first kappa shape index (κ1) is 18.5. The van der Waals surface area contributed by atoms with Crippen molar-refractivity contribution in [3.05, 3.63) is 59.9 Å². The van der Waals surface area contributed by atoms with Gasteiger partial charge in [0.15, 0.2) is 0 Å². The first-order chi connectivity index (χ1) is 14.4. The number of ether oxygens (including phenoxy) is 1. The van der Waals surface area contributed by atoms with Gasteiger partial charge in [0, 0.05) is 23.7 Å². The lowest BCUT2D eigenvalue weighted by atomic mass is 9.89. The Morgan fingerprint density at radius 3 is 2.70 bits per heavy atom. The second-order valence-corrected chi connectivity index (χ2v) is 7.62. The van der Waals surface area contributed by atoms with E-state index in [9.17, 15) is 8.78 Å². The van der Waals surface area contributed by atoms with E-state index in [1.165, 1.54) is 16.5 Å². The highest BCUT2D eigenvalue weighted by Crippen LogP contribution is 2.31. The van der Waals surface area contributed by atoms with Crippen LogP contribution in [-0.2, 0) is 4.74 Å². The highest BCUT2D eigenvalue weighted by Gasteiger charge is 2.31. The third-order valence-electron chi connectivity index (χ3n) is 5.14. The molecule has 0 N–H and O–H groups in total. The maximum atomic E-state index is 14.4. The molecular formula is C22H17F2N5O. The highest BCUT2D eigenvalue weighted by atomic mass is 19.1. The zero-order chi connectivity index (χ0) is 20.9. The Bertz CT molecular complexity index is 1350. The van der Waals surface area contributed by atoms with E-state index in [2.05, 4.69) is 27.0 Å². The van der Waals surface area contributed by atoms with Crippen LogP contribution in [0.1, 0.15) is 12.5 Å². The van der Waals surface area contributed by atoms with Crippen LogP contribution in [0.15, 0.2) is 42.5 Å². The van der Waals surface area contributed by atoms with Gasteiger partial charge < -0.3 is 9.64 Å². The number of para-hydroxylation sites is 1. The van der Waals surface area contributed by atoms with E-state index in [1.54, 1.807) is 30.1 Å². The fourth-order valence-electron chi connectivity index (χ4n) is 3.47. The lowest BCUT2D eigenvalue weighted by Gasteiger charge is -2.32. The Morgan fingerprint density at radius 2 is 1.93 bits per heavy atom. The van der Waals surface area contributed by atoms with Crippen LogP contribution in [0, 0.1) is 29.2 Å². The number of hydrogen-bond donors (Lipinski definition) is 0. The van der Waals surface area contributed by atoms with Gasteiger partial charge in [-0.25, -0.2) is 8.79 Å². The summed E-state index contributed by atoms with van der Waals surface area (Å²) in [7, 11) is 1.77. The molecule has 150 valence electrons. The molecule has 30 heavy (non-hydrogen) atoms. The van der Waals surface area contributed by atoms with Crippen molar-refractivity contribution in [3.63, 3.8) is 0 Å². The topological polar surface area (TPSA) is 55.5 Å². The number of hydrogen-bond acceptors (Lipinski definition) is 5. The van der Waals surface area contributed by atoms with Crippen molar-refractivity contribution in [2.24, 2.45) is 5.41 Å². The largest absolute Gasteiger partial charge is 0.378 e. The number of aromatic nitrogens is 4. The molecule has 1 aliphatic heterocycles. The molecule has 5 rings (SSSR count). The third kappa shape index (κ3) is 3.04. The summed E-state index contributed by atoms with van der Waals surface area (Å²) in [6.45, 7) is 3.17. The second-order valence-electron chi connectivity index (χ2n) is 7.62. The van der Waals surface area contributed by atoms with E-state index in [-0.39, 0.29) is 11.2 Å². The molecule has 1 aliphatic rings. The maximum Gasteiger partial charge on any atom is 0.315 e. The molecule has 0 unspecified atom stereocenters. The maximum absolute atomic E-state index is 14.4. The standard InChI is InChI=1S/C22H17F2N5O/c1-22(12-30-13-22)8-7-14-9-15(23)11-16(10-14)28(2)19-17-5-3-4-6-18(17)29-20(24)26-27-21(29)25-19/h3-6,9-11H,12-13H2,1-2H3. The Hall–Kier alpha value is -3.57. The zero-order valence-corrected chi connectivity index (χ0v) is 16.4. The SMILES string of the molecule is CN(c1cc(F)cc(C#CC2(C)COC2)c1)c1nc2nnc(F)n2c2ccccc12. The molecule has 8 heteroatoms. The van der Waals surface area contributed by atoms with Crippen LogP contribution in [0.3, 0.4) is 0 Å². The van der Waals surface area contributed by atoms with Crippen LogP contribution >= 0.6 is 0 Å². The summed E-state index contributed by atoms with van der Waals surface area (Å²) < 4.78 is 35.0. The molecule has 0 radical (unpaired) electrons. The molecule has 0 amide bonds. The molecule has 0 atom stereocenters. The lowest BCUT2D eigenvalue weighted by molar-refractivity contribution is -0.0648. The van der Waals surface area contributed by atoms with Crippen LogP contribution in [0.2, 0.25) is 0 Å². The summed E-state index contributed by atoms with van der Waals surface area (Å²) in [4.78, 5) is 6.20. The minimum atomic E-state index is -0.736. The van der Waals surface area contributed by atoms with Crippen molar-refractivity contribution < 1.29 is 13.5 Å². The van der Waals surface area contributed by atoms with E-state index >= 15 is 0 Å². The van der Waals surface area contributed by atoms with Crippen molar-refractivity contribution in [2.45, 2.75) is 6.92 Å². The number of nitrogens with zero attached hydrogens (tertiary/aromatic N) is 5. The normalized spacial score (nSPS) is 14.9. The second kappa shape index (κ2) is 6.75. The van der Waals surface area contributed by atoms with E-state index in [1.807, 2.05) is 19.1 Å². The number of halogens is 2. The Kier molecular flexibility index (Phi) is 4.15. The fraction of sp³-hybridized carbons (Fsp3) is 0.227. The van der Waals surface area contributed by atoms with Crippen LogP contribution in [0.5, 0.6) is 0 Å². The molecule has 0 bridgehead atoms. The van der Waals surface area contributed by atoms with Crippen molar-refractivity contribution in [2.75, 3.05) is 25.2 Å².